The van der Waals surface area contributed by atoms with Crippen LogP contribution < -0.4 is 36.6 Å². The molecule has 0 bridgehead atoms. The van der Waals surface area contributed by atoms with E-state index in [4.69, 9.17) is 26.8 Å². The van der Waals surface area contributed by atoms with Gasteiger partial charge in [-0.2, -0.15) is 0 Å². The highest BCUT2D eigenvalue weighted by Gasteiger charge is 2.46. The number of carbonyl (C=O) groups excluding carboxylic acids is 7. The van der Waals surface area contributed by atoms with Crippen molar-refractivity contribution in [2.75, 3.05) is 18.1 Å². The third-order valence-corrected chi connectivity index (χ3v) is 15.5. The number of nitrogens with zero attached hydrogens (tertiary/aromatic N) is 3. The molecule has 7 N–H and O–H groups in total. The number of β-amino-alcohol motifs (C(OH)–C–C–N with tert-alkyl or cyclic N) is 1. The number of hydrogen-bond donors (Lipinski definition) is 6. The van der Waals surface area contributed by atoms with Crippen LogP contribution >= 0.6 is 22.9 Å². The molecule has 1 aromatic heterocycles. The second kappa shape index (κ2) is 25.5. The summed E-state index contributed by atoms with van der Waals surface area (Å²) in [4.78, 5) is 103. The second-order valence-corrected chi connectivity index (χ2v) is 24.1. The van der Waals surface area contributed by atoms with Gasteiger partial charge in [-0.05, 0) is 125 Å². The van der Waals surface area contributed by atoms with Crippen molar-refractivity contribution in [2.45, 2.75) is 174 Å². The molecule has 0 radical (unpaired) electrons. The van der Waals surface area contributed by atoms with Gasteiger partial charge in [0.25, 0.3) is 0 Å². The molecule has 3 aromatic carbocycles. The Bertz CT molecular complexity index is 2850. The van der Waals surface area contributed by atoms with Gasteiger partial charge >= 0.3 is 6.09 Å². The molecule has 4 aromatic rings. The highest BCUT2D eigenvalue weighted by Crippen LogP contribution is 2.39. The number of likely N-dealkylation sites (tertiary alicyclic amines) is 1. The van der Waals surface area contributed by atoms with Crippen molar-refractivity contribution in [2.24, 2.45) is 11.1 Å². The van der Waals surface area contributed by atoms with E-state index < -0.39 is 77.1 Å². The predicted octanol–water partition coefficient (Wildman–Crippen LogP) is 7.17. The predicted molar refractivity (Wildman–Crippen MR) is 299 cm³/mol. The number of aromatic nitrogens is 1. The van der Waals surface area contributed by atoms with Gasteiger partial charge in [0, 0.05) is 37.3 Å². The molecule has 18 nitrogen and oxygen atoms in total. The van der Waals surface area contributed by atoms with Crippen molar-refractivity contribution in [1.82, 2.24) is 31.2 Å². The van der Waals surface area contributed by atoms with Gasteiger partial charge in [0.2, 0.25) is 35.4 Å². The van der Waals surface area contributed by atoms with Crippen LogP contribution in [0.3, 0.4) is 0 Å². The van der Waals surface area contributed by atoms with Gasteiger partial charge in [0.15, 0.2) is 0 Å². The molecule has 0 spiro atoms. The molecule has 78 heavy (non-hydrogen) atoms. The van der Waals surface area contributed by atoms with Crippen molar-refractivity contribution in [3.63, 3.8) is 0 Å². The van der Waals surface area contributed by atoms with E-state index in [1.807, 2.05) is 94.7 Å². The Morgan fingerprint density at radius 3 is 2.31 bits per heavy atom. The lowest BCUT2D eigenvalue weighted by Crippen LogP contribution is -2.57. The summed E-state index contributed by atoms with van der Waals surface area (Å²) in [6, 6.07) is 14.2. The summed E-state index contributed by atoms with van der Waals surface area (Å²) in [5.41, 5.74) is 12.0. The number of benzene rings is 3. The molecule has 1 unspecified atom stereocenters. The maximum absolute atomic E-state index is 14.2. The number of ether oxygens (including phenoxy) is 2. The first-order valence-electron chi connectivity index (χ1n) is 26.9. The average molecular weight is 1110 g/mol. The smallest absolute Gasteiger partial charge is 0.408 e. The maximum Gasteiger partial charge on any atom is 0.408 e. The number of thiazole rings is 1. The Balaban J connectivity index is 0.900. The molecular weight excluding hydrogens is 1040 g/mol. The summed E-state index contributed by atoms with van der Waals surface area (Å²) >= 11 is 8.14. The zero-order valence-corrected chi connectivity index (χ0v) is 47.5. The number of primary amides is 1. The van der Waals surface area contributed by atoms with Crippen LogP contribution in [0.2, 0.25) is 5.02 Å². The van der Waals surface area contributed by atoms with Gasteiger partial charge in [-0.25, -0.2) is 9.78 Å². The summed E-state index contributed by atoms with van der Waals surface area (Å²) in [5.74, 6) is -2.09. The highest BCUT2D eigenvalue weighted by molar-refractivity contribution is 7.13. The summed E-state index contributed by atoms with van der Waals surface area (Å²) in [7, 11) is 0. The number of aryl methyl sites for hydroxylation is 3. The van der Waals surface area contributed by atoms with E-state index in [9.17, 15) is 38.7 Å². The fourth-order valence-corrected chi connectivity index (χ4v) is 11.4. The number of nitrogens with two attached hydrogens (primary N) is 1. The maximum atomic E-state index is 14.2. The SMILES string of the molecule is Cc1ncsc1-c1ccc([C@H](C)NC(=O)C2C[C@@H](O)CN2C(=O)[C@@H](NC(=O)CCCCCc2cc(Cl)cc(OC[C@H](CCC(N)=O)NC(=O)[C@@H]3Cc4cccc5c4N3C(=O)[C@@H](NC(=O)OC(C)(C)C)CC5)c2)C(C)(C)C)cc1. The molecule has 3 aliphatic rings. The molecule has 1 fully saturated rings. The number of nitrogens with one attached hydrogen (secondary N) is 4. The number of rotatable bonds is 21. The Morgan fingerprint density at radius 1 is 0.910 bits per heavy atom. The van der Waals surface area contributed by atoms with Crippen molar-refractivity contribution in [1.29, 1.82) is 0 Å². The fraction of sp³-hybridized carbons (Fsp3) is 0.517. The van der Waals surface area contributed by atoms with Crippen LogP contribution in [0.25, 0.3) is 10.4 Å². The molecule has 7 amide bonds. The van der Waals surface area contributed by atoms with Crippen molar-refractivity contribution in [3.05, 3.63) is 99.1 Å². The zero-order valence-electron chi connectivity index (χ0n) is 45.9. The van der Waals surface area contributed by atoms with Crippen LogP contribution in [0.5, 0.6) is 5.75 Å². The number of para-hydroxylation sites is 1. The molecular formula is C58H75ClN8O10S. The molecule has 4 heterocycles. The average Bonchev–Trinajstić information content (AvgIpc) is 4.29. The van der Waals surface area contributed by atoms with E-state index >= 15 is 0 Å². The number of carbonyl (C=O) groups is 7. The summed E-state index contributed by atoms with van der Waals surface area (Å²) in [5, 5.41) is 22.9. The van der Waals surface area contributed by atoms with E-state index in [1.165, 1.54) is 9.80 Å². The van der Waals surface area contributed by atoms with E-state index in [0.29, 0.717) is 55.0 Å². The Labute approximate surface area is 465 Å². The van der Waals surface area contributed by atoms with Crippen LogP contribution in [-0.4, -0.2) is 112 Å². The molecule has 3 aliphatic heterocycles. The van der Waals surface area contributed by atoms with Gasteiger partial charge in [0.05, 0.1) is 40.0 Å². The van der Waals surface area contributed by atoms with E-state index in [0.717, 1.165) is 38.4 Å². The van der Waals surface area contributed by atoms with Crippen LogP contribution in [0.15, 0.2) is 66.2 Å². The van der Waals surface area contributed by atoms with Gasteiger partial charge in [-0.3, -0.25) is 33.7 Å². The Kier molecular flexibility index (Phi) is 19.3. The first-order valence-corrected chi connectivity index (χ1v) is 28.1. The molecule has 420 valence electrons. The second-order valence-electron chi connectivity index (χ2n) is 22.8. The monoisotopic (exact) mass is 1110 g/mol. The number of anilines is 1. The third-order valence-electron chi connectivity index (χ3n) is 14.3. The lowest BCUT2D eigenvalue weighted by atomic mass is 9.85. The van der Waals surface area contributed by atoms with Gasteiger partial charge in [-0.1, -0.05) is 81.3 Å². The molecule has 20 heteroatoms. The summed E-state index contributed by atoms with van der Waals surface area (Å²) < 4.78 is 11.7. The Hall–Kier alpha value is -6.57. The number of amides is 7. The number of aliphatic hydroxyl groups is 1. The molecule has 7 atom stereocenters. The summed E-state index contributed by atoms with van der Waals surface area (Å²) in [6.07, 6.45) is 2.35. The summed E-state index contributed by atoms with van der Waals surface area (Å²) in [6.45, 7) is 14.5. The fourth-order valence-electron chi connectivity index (χ4n) is 10.3. The van der Waals surface area contributed by atoms with Crippen LogP contribution in [0.1, 0.15) is 134 Å². The first-order chi connectivity index (χ1) is 36.8. The van der Waals surface area contributed by atoms with Gasteiger partial charge in [-0.15, -0.1) is 11.3 Å². The molecule has 0 aliphatic carbocycles. The minimum atomic E-state index is -0.951. The van der Waals surface area contributed by atoms with Crippen molar-refractivity contribution < 1.29 is 48.1 Å². The number of halogens is 1. The van der Waals surface area contributed by atoms with E-state index in [1.54, 1.807) is 38.2 Å². The normalized spacial score (nSPS) is 19.2. The molecule has 7 rings (SSSR count). The lowest BCUT2D eigenvalue weighted by molar-refractivity contribution is -0.144. The topological polar surface area (TPSA) is 252 Å². The van der Waals surface area contributed by atoms with E-state index in [2.05, 4.69) is 26.3 Å². The number of unbranched alkanes of at least 4 members (excludes halogenated alkanes) is 2. The number of alkyl carbamates (subject to hydrolysis) is 1. The molecule has 0 saturated carbocycles. The Morgan fingerprint density at radius 2 is 1.63 bits per heavy atom. The van der Waals surface area contributed by atoms with Crippen molar-refractivity contribution in [3.8, 4) is 16.2 Å². The van der Waals surface area contributed by atoms with Gasteiger partial charge in [0.1, 0.15) is 42.1 Å². The largest absolute Gasteiger partial charge is 0.491 e. The minimum Gasteiger partial charge on any atom is -0.491 e. The first kappa shape index (κ1) is 59.1. The van der Waals surface area contributed by atoms with Crippen LogP contribution in [0, 0.1) is 12.3 Å². The van der Waals surface area contributed by atoms with Crippen LogP contribution in [0.4, 0.5) is 10.5 Å². The van der Waals surface area contributed by atoms with Crippen LogP contribution in [-0.2, 0) is 52.8 Å². The highest BCUT2D eigenvalue weighted by atomic mass is 35.5. The van der Waals surface area contributed by atoms with Gasteiger partial charge < -0.3 is 46.5 Å². The van der Waals surface area contributed by atoms with E-state index in [-0.39, 0.29) is 63.1 Å². The van der Waals surface area contributed by atoms with Crippen molar-refractivity contribution >= 4 is 70.2 Å². The standard InChI is InChI=1S/C58H75ClN8O10S/c1-33(36-17-19-38(20-18-36)50-34(2)61-32-78-50)62-52(71)45-29-42(68)30-66(45)55(74)51(57(3,4)5)65-48(70)16-11-9-10-13-35-25-40(59)28-43(26-35)76-31-41(22-24-47(60)69)63-53(72)46-27-39-15-12-14-37-21-23-44(54(73)67(46)49(37)39)64-56(75)77-58(6,7)8/h12,14-15,17-20,25-26,28,32-33,41-42,44-46,51,68H,9-11,13,16,21-24,27,29-31H2,1-8H3,(H2,60,69)(H,62,71)(H,63,72)(H,64,75)(H,65,70)/t33-,41-,42+,44-,45?,46-,51+/m0/s1. The third kappa shape index (κ3) is 15.4. The zero-order chi connectivity index (χ0) is 56.6. The molecule has 1 saturated heterocycles. The number of hydrogen-bond acceptors (Lipinski definition) is 12. The minimum absolute atomic E-state index is 0.0301. The number of aliphatic hydroxyl groups excluding tert-OH is 1. The lowest BCUT2D eigenvalue weighted by Gasteiger charge is -2.35. The quantitative estimate of drug-likeness (QED) is 0.0456.